The average Bonchev–Trinajstić information content (AvgIpc) is 2.81. The fourth-order valence-electron chi connectivity index (χ4n) is 9.74. The number of nitrogens with one attached hydrogen (secondary N) is 2. The number of rotatable bonds is 10. The van der Waals surface area contributed by atoms with Crippen LogP contribution in [0.25, 0.3) is 0 Å². The molecule has 0 bridgehead atoms. The van der Waals surface area contributed by atoms with Crippen molar-refractivity contribution in [1.82, 2.24) is 10.6 Å². The zero-order valence-electron chi connectivity index (χ0n) is 32.2. The van der Waals surface area contributed by atoms with Crippen molar-refractivity contribution in [1.29, 1.82) is 0 Å². The van der Waals surface area contributed by atoms with Gasteiger partial charge < -0.3 is 26.0 Å². The zero-order valence-corrected chi connectivity index (χ0v) is 32.2. The average molecular weight is 657 g/mol. The Morgan fingerprint density at radius 3 is 1.36 bits per heavy atom. The fourth-order valence-corrected chi connectivity index (χ4v) is 9.74. The minimum Gasteiger partial charge on any atom is -0.507 e. The van der Waals surface area contributed by atoms with Crippen LogP contribution in [0.3, 0.4) is 0 Å². The fraction of sp³-hybridized carbons (Fsp3) is 0.800. The van der Waals surface area contributed by atoms with Crippen LogP contribution in [0.15, 0.2) is 12.1 Å². The van der Waals surface area contributed by atoms with Gasteiger partial charge in [0.1, 0.15) is 5.75 Å². The molecule has 7 heteroatoms. The van der Waals surface area contributed by atoms with Crippen molar-refractivity contribution in [3.63, 3.8) is 0 Å². The lowest BCUT2D eigenvalue weighted by atomic mass is 9.61. The summed E-state index contributed by atoms with van der Waals surface area (Å²) in [5.74, 6) is -1.14. The van der Waals surface area contributed by atoms with E-state index in [1.807, 2.05) is 53.7 Å². The molecule has 2 fully saturated rings. The number of carboxylic acids is 2. The van der Waals surface area contributed by atoms with Gasteiger partial charge in [0, 0.05) is 22.2 Å². The Labute approximate surface area is 286 Å². The molecule has 268 valence electrons. The maximum absolute atomic E-state index is 13.1. The van der Waals surface area contributed by atoms with Crippen LogP contribution in [0.5, 0.6) is 5.75 Å². The number of hydrogen-bond donors (Lipinski definition) is 5. The van der Waals surface area contributed by atoms with Gasteiger partial charge in [0.25, 0.3) is 0 Å². The summed E-state index contributed by atoms with van der Waals surface area (Å²) in [5, 5.41) is 40.3. The van der Waals surface area contributed by atoms with E-state index in [2.05, 4.69) is 66.0 Å². The number of carbonyl (C=O) groups is 2. The second-order valence-electron chi connectivity index (χ2n) is 20.1. The third-order valence-corrected chi connectivity index (χ3v) is 10.9. The molecule has 1 aromatic rings. The number of aromatic hydroxyl groups is 1. The number of hydrogen-bond acceptors (Lipinski definition) is 5. The summed E-state index contributed by atoms with van der Waals surface area (Å²) in [7, 11) is 0. The molecule has 2 heterocycles. The SMILES string of the molecule is CC1(C)CC(C(CCCC(Cc2cc(C(C)(C)C)c(O)c(C(C)(C)C)c2)(C(=O)O)C(=O)O)C2CC(C)(C)NC(C)(C)C2)CC(C)(C)N1. The van der Waals surface area contributed by atoms with Crippen LogP contribution >= 0.6 is 0 Å². The topological polar surface area (TPSA) is 119 Å². The molecule has 2 aliphatic heterocycles. The third-order valence-electron chi connectivity index (χ3n) is 10.9. The summed E-state index contributed by atoms with van der Waals surface area (Å²) in [5.41, 5.74) is -0.829. The molecule has 0 aromatic heterocycles. The van der Waals surface area contributed by atoms with E-state index in [9.17, 15) is 24.9 Å². The highest BCUT2D eigenvalue weighted by Crippen LogP contribution is 2.48. The van der Waals surface area contributed by atoms with Gasteiger partial charge in [-0.1, -0.05) is 60.1 Å². The van der Waals surface area contributed by atoms with E-state index in [0.29, 0.717) is 40.9 Å². The van der Waals surface area contributed by atoms with Crippen LogP contribution in [-0.2, 0) is 26.8 Å². The smallest absolute Gasteiger partial charge is 0.321 e. The molecule has 1 aromatic carbocycles. The van der Waals surface area contributed by atoms with Gasteiger partial charge in [-0.05, 0) is 146 Å². The van der Waals surface area contributed by atoms with E-state index in [4.69, 9.17) is 0 Å². The van der Waals surface area contributed by atoms with E-state index >= 15 is 0 Å². The molecule has 0 aliphatic carbocycles. The van der Waals surface area contributed by atoms with Crippen LogP contribution in [0.1, 0.15) is 159 Å². The van der Waals surface area contributed by atoms with E-state index in [1.54, 1.807) is 0 Å². The van der Waals surface area contributed by atoms with Crippen LogP contribution in [0.4, 0.5) is 0 Å². The first kappa shape index (κ1) is 39.3. The molecule has 2 aliphatic rings. The van der Waals surface area contributed by atoms with Crippen LogP contribution in [-0.4, -0.2) is 49.4 Å². The number of piperidine rings is 2. The standard InChI is InChI=1S/C40H68N2O5/c1-34(2,3)29-18-25(19-30(31(29)43)35(4,5)6)20-40(32(44)45,33(46)47)17-15-16-28(26-21-36(7,8)41-37(9,10)22-26)27-23-38(11,12)42-39(13,14)24-27/h18-19,26-28,41-43H,15-17,20-24H2,1-14H3,(H,44,45)(H,46,47). The minimum atomic E-state index is -1.97. The number of benzene rings is 1. The Morgan fingerprint density at radius 2 is 1.06 bits per heavy atom. The summed E-state index contributed by atoms with van der Waals surface area (Å²) >= 11 is 0. The Morgan fingerprint density at radius 1 is 0.723 bits per heavy atom. The van der Waals surface area contributed by atoms with Crippen molar-refractivity contribution in [2.45, 2.75) is 181 Å². The van der Waals surface area contributed by atoms with E-state index in [-0.39, 0.29) is 40.7 Å². The number of aliphatic carboxylic acids is 2. The zero-order chi connectivity index (χ0) is 36.2. The molecule has 0 saturated carbocycles. The highest BCUT2D eigenvalue weighted by molar-refractivity contribution is 5.98. The van der Waals surface area contributed by atoms with Gasteiger partial charge >= 0.3 is 11.9 Å². The monoisotopic (exact) mass is 657 g/mol. The largest absolute Gasteiger partial charge is 0.507 e. The normalized spacial score (nSPS) is 21.9. The van der Waals surface area contributed by atoms with Crippen LogP contribution in [0, 0.1) is 23.2 Å². The molecule has 5 N–H and O–H groups in total. The molecule has 0 radical (unpaired) electrons. The van der Waals surface area contributed by atoms with Gasteiger partial charge in [0.05, 0.1) is 0 Å². The van der Waals surface area contributed by atoms with Gasteiger partial charge in [-0.2, -0.15) is 0 Å². The van der Waals surface area contributed by atoms with Gasteiger partial charge in [0.15, 0.2) is 5.41 Å². The molecule has 7 nitrogen and oxygen atoms in total. The third kappa shape index (κ3) is 9.53. The highest BCUT2D eigenvalue weighted by Gasteiger charge is 2.49. The second-order valence-corrected chi connectivity index (χ2v) is 20.1. The first-order valence-electron chi connectivity index (χ1n) is 17.9. The van der Waals surface area contributed by atoms with E-state index in [1.165, 1.54) is 0 Å². The van der Waals surface area contributed by atoms with Crippen molar-refractivity contribution in [3.05, 3.63) is 28.8 Å². The lowest BCUT2D eigenvalue weighted by Gasteiger charge is -2.54. The number of phenolic OH excluding ortho intramolecular Hbond substituents is 1. The molecule has 0 spiro atoms. The number of carboxylic acid groups (broad SMARTS) is 2. The highest BCUT2D eigenvalue weighted by atomic mass is 16.4. The van der Waals surface area contributed by atoms with E-state index in [0.717, 1.165) is 32.1 Å². The molecule has 3 rings (SSSR count). The van der Waals surface area contributed by atoms with Gasteiger partial charge in [0.2, 0.25) is 0 Å². The molecule has 47 heavy (non-hydrogen) atoms. The van der Waals surface area contributed by atoms with Crippen molar-refractivity contribution in [3.8, 4) is 5.75 Å². The van der Waals surface area contributed by atoms with Crippen molar-refractivity contribution in [2.24, 2.45) is 23.2 Å². The molecule has 0 unspecified atom stereocenters. The lowest BCUT2D eigenvalue weighted by Crippen LogP contribution is -2.61. The summed E-state index contributed by atoms with van der Waals surface area (Å²) in [4.78, 5) is 26.1. The minimum absolute atomic E-state index is 0.0249. The predicted molar refractivity (Wildman–Crippen MR) is 192 cm³/mol. The summed E-state index contributed by atoms with van der Waals surface area (Å²) in [6, 6.07) is 3.65. The van der Waals surface area contributed by atoms with Gasteiger partial charge in [-0.25, -0.2) is 0 Å². The first-order valence-corrected chi connectivity index (χ1v) is 17.9. The van der Waals surface area contributed by atoms with Crippen molar-refractivity contribution >= 4 is 11.9 Å². The maximum atomic E-state index is 13.1. The second kappa shape index (κ2) is 13.0. The summed E-state index contributed by atoms with van der Waals surface area (Å²) < 4.78 is 0. The Bertz CT molecular complexity index is 1190. The van der Waals surface area contributed by atoms with Crippen molar-refractivity contribution in [2.75, 3.05) is 0 Å². The van der Waals surface area contributed by atoms with Gasteiger partial charge in [-0.3, -0.25) is 9.59 Å². The number of phenols is 1. The van der Waals surface area contributed by atoms with Crippen LogP contribution < -0.4 is 10.6 Å². The molecule has 0 amide bonds. The first-order chi connectivity index (χ1) is 21.0. The van der Waals surface area contributed by atoms with Crippen LogP contribution in [0.2, 0.25) is 0 Å². The Kier molecular flexibility index (Phi) is 10.8. The van der Waals surface area contributed by atoms with Crippen molar-refractivity contribution < 1.29 is 24.9 Å². The quantitative estimate of drug-likeness (QED) is 0.160. The predicted octanol–water partition coefficient (Wildman–Crippen LogP) is 8.59. The summed E-state index contributed by atoms with van der Waals surface area (Å²) in [6.45, 7) is 30.3. The molecule has 0 atom stereocenters. The van der Waals surface area contributed by atoms with E-state index < -0.39 is 28.2 Å². The molecular weight excluding hydrogens is 588 g/mol. The van der Waals surface area contributed by atoms with Gasteiger partial charge in [-0.15, -0.1) is 0 Å². The molecule has 2 saturated heterocycles. The molecular formula is C40H68N2O5. The Hall–Kier alpha value is -2.12. The lowest BCUT2D eigenvalue weighted by molar-refractivity contribution is -0.165. The maximum Gasteiger partial charge on any atom is 0.321 e. The summed E-state index contributed by atoms with van der Waals surface area (Å²) in [6.07, 6.45) is 5.39. The Balaban J connectivity index is 2.02.